The number of methoxy groups -OCH3 is 1. The number of hydrogen-bond donors (Lipinski definition) is 1. The Morgan fingerprint density at radius 3 is 2.56 bits per heavy atom. The van der Waals surface area contributed by atoms with Crippen LogP contribution in [0, 0.1) is 10.1 Å². The van der Waals surface area contributed by atoms with Crippen molar-refractivity contribution in [1.29, 1.82) is 0 Å². The third kappa shape index (κ3) is 4.95. The molecule has 27 heavy (non-hydrogen) atoms. The van der Waals surface area contributed by atoms with Gasteiger partial charge in [-0.1, -0.05) is 23.7 Å². The number of likely N-dealkylation sites (N-methyl/N-ethyl adjacent to an activating group) is 1. The molecule has 2 amide bonds. The number of nitrogens with one attached hydrogen (secondary N) is 1. The molecule has 2 aromatic rings. The number of nitro groups is 1. The van der Waals surface area contributed by atoms with Crippen molar-refractivity contribution in [3.63, 3.8) is 0 Å². The Morgan fingerprint density at radius 2 is 1.96 bits per heavy atom. The normalized spacial score (nSPS) is 10.2. The second-order valence-corrected chi connectivity index (χ2v) is 5.90. The second kappa shape index (κ2) is 9.00. The van der Waals surface area contributed by atoms with Crippen LogP contribution in [0.2, 0.25) is 5.02 Å². The number of benzene rings is 2. The maximum atomic E-state index is 12.7. The molecule has 9 heteroatoms. The van der Waals surface area contributed by atoms with Gasteiger partial charge in [0.2, 0.25) is 5.91 Å². The molecule has 1 N–H and O–H groups in total. The number of para-hydroxylation sites is 2. The first-order valence-corrected chi connectivity index (χ1v) is 8.41. The van der Waals surface area contributed by atoms with Crippen molar-refractivity contribution in [2.45, 2.75) is 6.92 Å². The summed E-state index contributed by atoms with van der Waals surface area (Å²) in [6, 6.07) is 10.5. The van der Waals surface area contributed by atoms with Crippen LogP contribution < -0.4 is 10.1 Å². The summed E-state index contributed by atoms with van der Waals surface area (Å²) < 4.78 is 5.17. The smallest absolute Gasteiger partial charge is 0.270 e. The molecule has 0 saturated carbocycles. The van der Waals surface area contributed by atoms with Gasteiger partial charge in [-0.25, -0.2) is 0 Å². The van der Waals surface area contributed by atoms with E-state index < -0.39 is 16.7 Å². The monoisotopic (exact) mass is 391 g/mol. The molecule has 0 fully saturated rings. The molecular weight excluding hydrogens is 374 g/mol. The molecule has 0 heterocycles. The fourth-order valence-electron chi connectivity index (χ4n) is 2.40. The summed E-state index contributed by atoms with van der Waals surface area (Å²) >= 11 is 6.01. The average Bonchev–Trinajstić information content (AvgIpc) is 2.65. The van der Waals surface area contributed by atoms with E-state index in [9.17, 15) is 19.7 Å². The van der Waals surface area contributed by atoms with E-state index in [2.05, 4.69) is 5.32 Å². The highest BCUT2D eigenvalue weighted by Gasteiger charge is 2.22. The Morgan fingerprint density at radius 1 is 1.26 bits per heavy atom. The van der Waals surface area contributed by atoms with Gasteiger partial charge < -0.3 is 15.0 Å². The Kier molecular flexibility index (Phi) is 6.73. The number of nitro benzene ring substituents is 1. The van der Waals surface area contributed by atoms with Gasteiger partial charge in [0.1, 0.15) is 12.3 Å². The third-order valence-corrected chi connectivity index (χ3v) is 4.09. The van der Waals surface area contributed by atoms with Crippen molar-refractivity contribution in [3.05, 3.63) is 63.2 Å². The van der Waals surface area contributed by atoms with Gasteiger partial charge in [0.05, 0.1) is 28.3 Å². The lowest BCUT2D eigenvalue weighted by Gasteiger charge is -2.21. The highest BCUT2D eigenvalue weighted by molar-refractivity contribution is 6.34. The molecule has 8 nitrogen and oxygen atoms in total. The van der Waals surface area contributed by atoms with Gasteiger partial charge in [0, 0.05) is 18.7 Å². The zero-order chi connectivity index (χ0) is 20.0. The Labute approximate surface area is 160 Å². The topological polar surface area (TPSA) is 102 Å². The maximum absolute atomic E-state index is 12.7. The lowest BCUT2D eigenvalue weighted by molar-refractivity contribution is -0.384. The van der Waals surface area contributed by atoms with Crippen LogP contribution >= 0.6 is 11.6 Å². The van der Waals surface area contributed by atoms with Crippen molar-refractivity contribution in [3.8, 4) is 5.75 Å². The summed E-state index contributed by atoms with van der Waals surface area (Å²) in [6.07, 6.45) is 0. The summed E-state index contributed by atoms with van der Waals surface area (Å²) in [6.45, 7) is 1.76. The Hall–Kier alpha value is -3.13. The summed E-state index contributed by atoms with van der Waals surface area (Å²) in [5, 5.41) is 13.4. The molecule has 2 rings (SSSR count). The van der Waals surface area contributed by atoms with Crippen LogP contribution in [-0.4, -0.2) is 41.8 Å². The summed E-state index contributed by atoms with van der Waals surface area (Å²) in [4.78, 5) is 36.5. The lowest BCUT2D eigenvalue weighted by Crippen LogP contribution is -2.38. The number of carbonyl (C=O) groups excluding carboxylic acids is 2. The van der Waals surface area contributed by atoms with Gasteiger partial charge in [-0.05, 0) is 25.1 Å². The Bertz CT molecular complexity index is 872. The van der Waals surface area contributed by atoms with Gasteiger partial charge in [0.15, 0.2) is 0 Å². The number of amides is 2. The predicted octanol–water partition coefficient (Wildman–Crippen LogP) is 3.36. The van der Waals surface area contributed by atoms with Gasteiger partial charge in [0.25, 0.3) is 11.6 Å². The third-order valence-electron chi connectivity index (χ3n) is 3.78. The minimum atomic E-state index is -0.599. The number of non-ortho nitro benzene ring substituents is 1. The highest BCUT2D eigenvalue weighted by Crippen LogP contribution is 2.25. The number of ether oxygens (including phenoxy) is 1. The Balaban J connectivity index is 2.13. The van der Waals surface area contributed by atoms with E-state index in [0.29, 0.717) is 11.4 Å². The predicted molar refractivity (Wildman–Crippen MR) is 101 cm³/mol. The van der Waals surface area contributed by atoms with Gasteiger partial charge >= 0.3 is 0 Å². The molecule has 0 aliphatic rings. The first-order valence-electron chi connectivity index (χ1n) is 8.03. The maximum Gasteiger partial charge on any atom is 0.270 e. The molecule has 0 aliphatic heterocycles. The highest BCUT2D eigenvalue weighted by atomic mass is 35.5. The molecule has 0 saturated heterocycles. The number of anilines is 1. The van der Waals surface area contributed by atoms with Crippen LogP contribution in [0.4, 0.5) is 11.4 Å². The molecule has 0 atom stereocenters. The number of nitrogens with zero attached hydrogens (tertiary/aromatic N) is 2. The molecule has 0 spiro atoms. The minimum absolute atomic E-state index is 0.0437. The average molecular weight is 392 g/mol. The van der Waals surface area contributed by atoms with E-state index in [-0.39, 0.29) is 29.4 Å². The van der Waals surface area contributed by atoms with Crippen molar-refractivity contribution >= 4 is 34.8 Å². The fourth-order valence-corrected chi connectivity index (χ4v) is 2.66. The van der Waals surface area contributed by atoms with Gasteiger partial charge in [-0.3, -0.25) is 19.7 Å². The zero-order valence-corrected chi connectivity index (χ0v) is 15.5. The van der Waals surface area contributed by atoms with Crippen molar-refractivity contribution in [1.82, 2.24) is 4.90 Å². The molecule has 0 unspecified atom stereocenters. The summed E-state index contributed by atoms with van der Waals surface area (Å²) in [7, 11) is 1.49. The van der Waals surface area contributed by atoms with Crippen molar-refractivity contribution in [2.24, 2.45) is 0 Å². The number of hydrogen-bond acceptors (Lipinski definition) is 5. The van der Waals surface area contributed by atoms with Gasteiger partial charge in [-0.15, -0.1) is 0 Å². The summed E-state index contributed by atoms with van der Waals surface area (Å²) in [5.74, 6) is -0.404. The zero-order valence-electron chi connectivity index (χ0n) is 14.8. The van der Waals surface area contributed by atoms with E-state index in [1.54, 1.807) is 31.2 Å². The van der Waals surface area contributed by atoms with Crippen molar-refractivity contribution in [2.75, 3.05) is 25.5 Å². The van der Waals surface area contributed by atoms with Crippen LogP contribution in [-0.2, 0) is 4.79 Å². The molecule has 2 aromatic carbocycles. The summed E-state index contributed by atoms with van der Waals surface area (Å²) in [5.41, 5.74) is 0.365. The van der Waals surface area contributed by atoms with Crippen LogP contribution in [0.25, 0.3) is 0 Å². The SMILES string of the molecule is CCN(CC(=O)Nc1ccccc1OC)C(=O)c1ccc([N+](=O)[O-])cc1Cl. The van der Waals surface area contributed by atoms with Crippen LogP contribution in [0.1, 0.15) is 17.3 Å². The lowest BCUT2D eigenvalue weighted by atomic mass is 10.1. The molecule has 0 aromatic heterocycles. The van der Waals surface area contributed by atoms with Crippen LogP contribution in [0.15, 0.2) is 42.5 Å². The van der Waals surface area contributed by atoms with Crippen molar-refractivity contribution < 1.29 is 19.2 Å². The van der Waals surface area contributed by atoms with E-state index in [1.807, 2.05) is 0 Å². The van der Waals surface area contributed by atoms with Gasteiger partial charge in [-0.2, -0.15) is 0 Å². The van der Waals surface area contributed by atoms with E-state index in [4.69, 9.17) is 16.3 Å². The van der Waals surface area contributed by atoms with E-state index in [0.717, 1.165) is 6.07 Å². The molecule has 0 bridgehead atoms. The second-order valence-electron chi connectivity index (χ2n) is 5.49. The minimum Gasteiger partial charge on any atom is -0.495 e. The quantitative estimate of drug-likeness (QED) is 0.576. The number of rotatable bonds is 7. The van der Waals surface area contributed by atoms with Crippen LogP contribution in [0.5, 0.6) is 5.75 Å². The first-order chi connectivity index (χ1) is 12.9. The van der Waals surface area contributed by atoms with E-state index >= 15 is 0 Å². The largest absolute Gasteiger partial charge is 0.495 e. The van der Waals surface area contributed by atoms with E-state index in [1.165, 1.54) is 24.1 Å². The fraction of sp³-hybridized carbons (Fsp3) is 0.222. The standard InChI is InChI=1S/C18H18ClN3O5/c1-3-21(11-17(23)20-15-6-4-5-7-16(15)27-2)18(24)13-9-8-12(22(25)26)10-14(13)19/h4-10H,3,11H2,1-2H3,(H,20,23). The molecule has 142 valence electrons. The molecular formula is C18H18ClN3O5. The number of carbonyl (C=O) groups is 2. The first kappa shape index (κ1) is 20.2. The van der Waals surface area contributed by atoms with Crippen LogP contribution in [0.3, 0.4) is 0 Å². The molecule has 0 aliphatic carbocycles. The number of halogens is 1. The molecule has 0 radical (unpaired) electrons.